The maximum atomic E-state index is 12.4. The molecule has 0 bridgehead atoms. The molecule has 1 aromatic heterocycles. The van der Waals surface area contributed by atoms with Crippen LogP contribution in [0, 0.1) is 13.8 Å². The van der Waals surface area contributed by atoms with E-state index in [0.29, 0.717) is 29.4 Å². The molecular weight excluding hydrogens is 390 g/mol. The van der Waals surface area contributed by atoms with Crippen LogP contribution in [0.3, 0.4) is 0 Å². The van der Waals surface area contributed by atoms with Crippen LogP contribution in [0.4, 0.5) is 5.69 Å². The number of anilines is 1. The fourth-order valence-electron chi connectivity index (χ4n) is 2.84. The fraction of sp³-hybridized carbons (Fsp3) is 0.238. The summed E-state index contributed by atoms with van der Waals surface area (Å²) in [5.41, 5.74) is 3.57. The van der Waals surface area contributed by atoms with Gasteiger partial charge in [-0.3, -0.25) is 9.59 Å². The first-order valence-electron chi connectivity index (χ1n) is 9.27. The Morgan fingerprint density at radius 1 is 1.10 bits per heavy atom. The largest absolute Gasteiger partial charge is 0.351 e. The Balaban J connectivity index is 1.48. The minimum Gasteiger partial charge on any atom is -0.351 e. The van der Waals surface area contributed by atoms with Crippen molar-refractivity contribution >= 4 is 29.1 Å². The summed E-state index contributed by atoms with van der Waals surface area (Å²) in [5, 5.41) is 14.3. The van der Waals surface area contributed by atoms with Crippen LogP contribution in [0.25, 0.3) is 5.69 Å². The maximum Gasteiger partial charge on any atom is 0.273 e. The highest BCUT2D eigenvalue weighted by Gasteiger charge is 2.17. The van der Waals surface area contributed by atoms with Gasteiger partial charge in [0.05, 0.1) is 11.4 Å². The predicted octanol–water partition coefficient (Wildman–Crippen LogP) is 3.69. The average molecular weight is 412 g/mol. The third-order valence-corrected chi connectivity index (χ3v) is 4.60. The molecule has 2 aromatic carbocycles. The van der Waals surface area contributed by atoms with E-state index in [1.807, 2.05) is 31.2 Å². The molecule has 0 fully saturated rings. The van der Waals surface area contributed by atoms with Crippen LogP contribution >= 0.6 is 11.6 Å². The molecule has 0 aliphatic carbocycles. The van der Waals surface area contributed by atoms with Crippen molar-refractivity contribution in [3.63, 3.8) is 0 Å². The van der Waals surface area contributed by atoms with Crippen LogP contribution < -0.4 is 10.6 Å². The Hall–Kier alpha value is -3.19. The van der Waals surface area contributed by atoms with Crippen LogP contribution in [0.2, 0.25) is 5.02 Å². The number of benzene rings is 2. The van der Waals surface area contributed by atoms with E-state index in [4.69, 9.17) is 11.6 Å². The Morgan fingerprint density at radius 2 is 1.86 bits per heavy atom. The molecule has 3 aromatic rings. The third kappa shape index (κ3) is 5.42. The van der Waals surface area contributed by atoms with Crippen molar-refractivity contribution in [3.8, 4) is 5.69 Å². The SMILES string of the molecule is Cc1cccc(-n2nnc(C(=O)NCCCC(=O)Nc3ccc(Cl)cc3)c2C)c1. The van der Waals surface area contributed by atoms with Gasteiger partial charge in [-0.15, -0.1) is 5.10 Å². The lowest BCUT2D eigenvalue weighted by atomic mass is 10.2. The molecular formula is C21H22ClN5O2. The van der Waals surface area contributed by atoms with Gasteiger partial charge in [0, 0.05) is 23.7 Å². The number of aryl methyl sites for hydroxylation is 1. The van der Waals surface area contributed by atoms with Gasteiger partial charge in [0.15, 0.2) is 5.69 Å². The molecule has 29 heavy (non-hydrogen) atoms. The molecule has 0 unspecified atom stereocenters. The minimum absolute atomic E-state index is 0.122. The van der Waals surface area contributed by atoms with E-state index in [1.165, 1.54) is 0 Å². The summed E-state index contributed by atoms with van der Waals surface area (Å²) >= 11 is 5.82. The van der Waals surface area contributed by atoms with E-state index in [9.17, 15) is 9.59 Å². The molecule has 0 radical (unpaired) electrons. The van der Waals surface area contributed by atoms with Crippen LogP contribution in [0.1, 0.15) is 34.6 Å². The van der Waals surface area contributed by atoms with E-state index >= 15 is 0 Å². The van der Waals surface area contributed by atoms with Crippen LogP contribution in [-0.2, 0) is 4.79 Å². The molecule has 2 amide bonds. The fourth-order valence-corrected chi connectivity index (χ4v) is 2.96. The summed E-state index contributed by atoms with van der Waals surface area (Å²) in [4.78, 5) is 24.4. The van der Waals surface area contributed by atoms with Gasteiger partial charge in [0.1, 0.15) is 0 Å². The second-order valence-corrected chi connectivity index (χ2v) is 7.13. The summed E-state index contributed by atoms with van der Waals surface area (Å²) in [7, 11) is 0. The topological polar surface area (TPSA) is 88.9 Å². The van der Waals surface area contributed by atoms with Crippen molar-refractivity contribution in [1.29, 1.82) is 0 Å². The van der Waals surface area contributed by atoms with Gasteiger partial charge < -0.3 is 10.6 Å². The highest BCUT2D eigenvalue weighted by Crippen LogP contribution is 2.15. The van der Waals surface area contributed by atoms with Gasteiger partial charge >= 0.3 is 0 Å². The monoisotopic (exact) mass is 411 g/mol. The predicted molar refractivity (Wildman–Crippen MR) is 112 cm³/mol. The van der Waals surface area contributed by atoms with Crippen molar-refractivity contribution in [1.82, 2.24) is 20.3 Å². The summed E-state index contributed by atoms with van der Waals surface area (Å²) in [6.07, 6.45) is 0.800. The lowest BCUT2D eigenvalue weighted by Crippen LogP contribution is -2.26. The van der Waals surface area contributed by atoms with Crippen LogP contribution in [0.15, 0.2) is 48.5 Å². The molecule has 0 aliphatic rings. The lowest BCUT2D eigenvalue weighted by molar-refractivity contribution is -0.116. The number of nitrogens with one attached hydrogen (secondary N) is 2. The Bertz CT molecular complexity index is 1010. The molecule has 3 rings (SSSR count). The Labute approximate surface area is 174 Å². The summed E-state index contributed by atoms with van der Waals surface area (Å²) in [6, 6.07) is 14.7. The summed E-state index contributed by atoms with van der Waals surface area (Å²) in [5.74, 6) is -0.428. The quantitative estimate of drug-likeness (QED) is 0.580. The normalized spacial score (nSPS) is 10.6. The van der Waals surface area contributed by atoms with Crippen molar-refractivity contribution < 1.29 is 9.59 Å². The van der Waals surface area contributed by atoms with Crippen molar-refractivity contribution in [3.05, 3.63) is 70.5 Å². The highest BCUT2D eigenvalue weighted by atomic mass is 35.5. The van der Waals surface area contributed by atoms with Crippen LogP contribution in [0.5, 0.6) is 0 Å². The number of carbonyl (C=O) groups is 2. The highest BCUT2D eigenvalue weighted by molar-refractivity contribution is 6.30. The molecule has 0 saturated heterocycles. The van der Waals surface area contributed by atoms with E-state index in [0.717, 1.165) is 11.3 Å². The van der Waals surface area contributed by atoms with Gasteiger partial charge in [-0.05, 0) is 62.2 Å². The summed E-state index contributed by atoms with van der Waals surface area (Å²) in [6.45, 7) is 4.16. The molecule has 150 valence electrons. The summed E-state index contributed by atoms with van der Waals surface area (Å²) < 4.78 is 1.64. The Kier molecular flexibility index (Phi) is 6.61. The van der Waals surface area contributed by atoms with Gasteiger partial charge in [-0.2, -0.15) is 0 Å². The minimum atomic E-state index is -0.306. The number of hydrogen-bond acceptors (Lipinski definition) is 4. The smallest absolute Gasteiger partial charge is 0.273 e. The molecule has 7 nitrogen and oxygen atoms in total. The molecule has 1 heterocycles. The first-order chi connectivity index (χ1) is 13.9. The first-order valence-corrected chi connectivity index (χ1v) is 9.65. The number of amides is 2. The second-order valence-electron chi connectivity index (χ2n) is 6.69. The van der Waals surface area contributed by atoms with Gasteiger partial charge in [-0.1, -0.05) is 28.9 Å². The number of rotatable bonds is 7. The molecule has 8 heteroatoms. The Morgan fingerprint density at radius 3 is 2.59 bits per heavy atom. The second kappa shape index (κ2) is 9.34. The van der Waals surface area contributed by atoms with Gasteiger partial charge in [-0.25, -0.2) is 4.68 Å². The van der Waals surface area contributed by atoms with E-state index in [1.54, 1.807) is 35.9 Å². The average Bonchev–Trinajstić information content (AvgIpc) is 3.08. The number of nitrogens with zero attached hydrogens (tertiary/aromatic N) is 3. The molecule has 0 saturated carbocycles. The first kappa shape index (κ1) is 20.5. The molecule has 0 aliphatic heterocycles. The van der Waals surface area contributed by atoms with E-state index in [-0.39, 0.29) is 23.9 Å². The standard InChI is InChI=1S/C21H22ClN5O2/c1-14-5-3-6-18(13-14)27-15(2)20(25-26-27)21(29)23-12-4-7-19(28)24-17-10-8-16(22)9-11-17/h3,5-6,8-11,13H,4,7,12H2,1-2H3,(H,23,29)(H,24,28). The van der Waals surface area contributed by atoms with E-state index in [2.05, 4.69) is 20.9 Å². The zero-order valence-corrected chi connectivity index (χ0v) is 17.0. The van der Waals surface area contributed by atoms with Crippen LogP contribution in [-0.4, -0.2) is 33.4 Å². The molecule has 0 spiro atoms. The van der Waals surface area contributed by atoms with E-state index < -0.39 is 0 Å². The van der Waals surface area contributed by atoms with Gasteiger partial charge in [0.25, 0.3) is 5.91 Å². The molecule has 2 N–H and O–H groups in total. The van der Waals surface area contributed by atoms with Crippen molar-refractivity contribution in [2.45, 2.75) is 26.7 Å². The number of halogens is 1. The number of carbonyl (C=O) groups excluding carboxylic acids is 2. The number of hydrogen-bond donors (Lipinski definition) is 2. The van der Waals surface area contributed by atoms with Crippen molar-refractivity contribution in [2.24, 2.45) is 0 Å². The van der Waals surface area contributed by atoms with Gasteiger partial charge in [0.2, 0.25) is 5.91 Å². The van der Waals surface area contributed by atoms with Crippen molar-refractivity contribution in [2.75, 3.05) is 11.9 Å². The zero-order chi connectivity index (χ0) is 20.8. The third-order valence-electron chi connectivity index (χ3n) is 4.35. The lowest BCUT2D eigenvalue weighted by Gasteiger charge is -2.07. The maximum absolute atomic E-state index is 12.4. The molecule has 0 atom stereocenters. The number of aromatic nitrogens is 3. The zero-order valence-electron chi connectivity index (χ0n) is 16.3.